The van der Waals surface area contributed by atoms with Crippen LogP contribution in [0, 0.1) is 0 Å². The highest BCUT2D eigenvalue weighted by molar-refractivity contribution is 8.22. The summed E-state index contributed by atoms with van der Waals surface area (Å²) in [6, 6.07) is 0.469. The third kappa shape index (κ3) is 6.12. The van der Waals surface area contributed by atoms with E-state index in [9.17, 15) is 0 Å². The summed E-state index contributed by atoms with van der Waals surface area (Å²) >= 11 is 6.66. The first-order valence-electron chi connectivity index (χ1n) is 3.10. The van der Waals surface area contributed by atoms with Gasteiger partial charge in [0.25, 0.3) is 0 Å². The lowest BCUT2D eigenvalue weighted by atomic mass is 10.4. The molecule has 0 aliphatic rings. The Bertz CT molecular complexity index is 91.1. The van der Waals surface area contributed by atoms with Crippen LogP contribution in [-0.2, 0) is 0 Å². The minimum Gasteiger partial charge on any atom is -0.369 e. The SMILES string of the molecule is CCSC(=S)NC(C)C. The fourth-order valence-corrected chi connectivity index (χ4v) is 1.58. The molecule has 0 bridgehead atoms. The van der Waals surface area contributed by atoms with E-state index in [1.165, 1.54) is 0 Å². The topological polar surface area (TPSA) is 12.0 Å². The van der Waals surface area contributed by atoms with Gasteiger partial charge in [-0.05, 0) is 19.6 Å². The summed E-state index contributed by atoms with van der Waals surface area (Å²) in [5, 5.41) is 3.14. The van der Waals surface area contributed by atoms with Crippen LogP contribution < -0.4 is 5.32 Å². The normalized spacial score (nSPS) is 9.78. The Morgan fingerprint density at radius 1 is 1.67 bits per heavy atom. The van der Waals surface area contributed by atoms with Crippen LogP contribution in [0.5, 0.6) is 0 Å². The second-order valence-corrected chi connectivity index (χ2v) is 3.96. The first kappa shape index (κ1) is 9.24. The summed E-state index contributed by atoms with van der Waals surface area (Å²) in [4.78, 5) is 0. The maximum Gasteiger partial charge on any atom is 0.133 e. The molecule has 9 heavy (non-hydrogen) atoms. The van der Waals surface area contributed by atoms with Gasteiger partial charge in [-0.1, -0.05) is 30.9 Å². The van der Waals surface area contributed by atoms with Crippen LogP contribution in [0.2, 0.25) is 0 Å². The Labute approximate surface area is 66.6 Å². The molecule has 0 saturated heterocycles. The molecule has 1 nitrogen and oxygen atoms in total. The molecule has 0 heterocycles. The molecule has 0 aromatic rings. The van der Waals surface area contributed by atoms with E-state index in [0.717, 1.165) is 10.1 Å². The van der Waals surface area contributed by atoms with Crippen molar-refractivity contribution in [3.63, 3.8) is 0 Å². The van der Waals surface area contributed by atoms with E-state index in [2.05, 4.69) is 26.1 Å². The molecule has 0 atom stereocenters. The van der Waals surface area contributed by atoms with Crippen LogP contribution in [0.1, 0.15) is 20.8 Å². The Hall–Kier alpha value is 0.240. The lowest BCUT2D eigenvalue weighted by molar-refractivity contribution is 0.746. The largest absolute Gasteiger partial charge is 0.369 e. The maximum atomic E-state index is 4.98. The van der Waals surface area contributed by atoms with Crippen molar-refractivity contribution in [3.05, 3.63) is 0 Å². The van der Waals surface area contributed by atoms with Crippen LogP contribution in [-0.4, -0.2) is 16.1 Å². The first-order chi connectivity index (χ1) is 4.16. The molecule has 0 aliphatic carbocycles. The van der Waals surface area contributed by atoms with Gasteiger partial charge in [0.1, 0.15) is 4.32 Å². The van der Waals surface area contributed by atoms with E-state index >= 15 is 0 Å². The molecule has 0 radical (unpaired) electrons. The smallest absolute Gasteiger partial charge is 0.133 e. The van der Waals surface area contributed by atoms with Crippen molar-refractivity contribution >= 4 is 28.3 Å². The van der Waals surface area contributed by atoms with Gasteiger partial charge in [-0.15, -0.1) is 0 Å². The van der Waals surface area contributed by atoms with E-state index in [1.54, 1.807) is 11.8 Å². The van der Waals surface area contributed by atoms with Gasteiger partial charge in [-0.3, -0.25) is 0 Å². The molecular formula is C6H13NS2. The summed E-state index contributed by atoms with van der Waals surface area (Å²) in [5.74, 6) is 1.05. The quantitative estimate of drug-likeness (QED) is 0.626. The molecule has 0 amide bonds. The lowest BCUT2D eigenvalue weighted by Gasteiger charge is -2.08. The van der Waals surface area contributed by atoms with E-state index in [4.69, 9.17) is 12.2 Å². The third-order valence-electron chi connectivity index (χ3n) is 0.682. The van der Waals surface area contributed by atoms with Gasteiger partial charge in [-0.2, -0.15) is 0 Å². The predicted octanol–water partition coefficient (Wildman–Crippen LogP) is 2.02. The molecule has 0 aliphatic heterocycles. The highest BCUT2D eigenvalue weighted by Gasteiger charge is 1.95. The van der Waals surface area contributed by atoms with E-state index < -0.39 is 0 Å². The standard InChI is InChI=1S/C6H13NS2/c1-4-9-6(8)7-5(2)3/h5H,4H2,1-3H3,(H,7,8). The Balaban J connectivity index is 3.27. The van der Waals surface area contributed by atoms with Crippen LogP contribution in [0.15, 0.2) is 0 Å². The van der Waals surface area contributed by atoms with Crippen molar-refractivity contribution in [3.8, 4) is 0 Å². The van der Waals surface area contributed by atoms with Crippen molar-refractivity contribution in [1.82, 2.24) is 5.32 Å². The zero-order valence-corrected chi connectivity index (χ0v) is 7.73. The minimum absolute atomic E-state index is 0.469. The van der Waals surface area contributed by atoms with Gasteiger partial charge < -0.3 is 5.32 Å². The average molecular weight is 163 g/mol. The summed E-state index contributed by atoms with van der Waals surface area (Å²) in [5.41, 5.74) is 0. The second kappa shape index (κ2) is 5.06. The van der Waals surface area contributed by atoms with Gasteiger partial charge >= 0.3 is 0 Å². The van der Waals surface area contributed by atoms with Gasteiger partial charge in [0, 0.05) is 6.04 Å². The van der Waals surface area contributed by atoms with Crippen molar-refractivity contribution in [2.24, 2.45) is 0 Å². The fraction of sp³-hybridized carbons (Fsp3) is 0.833. The zero-order valence-electron chi connectivity index (χ0n) is 6.10. The number of thioether (sulfide) groups is 1. The number of rotatable bonds is 2. The van der Waals surface area contributed by atoms with E-state index in [1.807, 2.05) is 0 Å². The van der Waals surface area contributed by atoms with E-state index in [-0.39, 0.29) is 0 Å². The fourth-order valence-electron chi connectivity index (χ4n) is 0.408. The number of hydrogen-bond donors (Lipinski definition) is 1. The summed E-state index contributed by atoms with van der Waals surface area (Å²) < 4.78 is 0.910. The molecule has 0 aromatic heterocycles. The minimum atomic E-state index is 0.469. The van der Waals surface area contributed by atoms with Gasteiger partial charge in [0.05, 0.1) is 0 Å². The van der Waals surface area contributed by atoms with Crippen LogP contribution in [0.4, 0.5) is 0 Å². The second-order valence-electron chi connectivity index (χ2n) is 2.02. The summed E-state index contributed by atoms with van der Waals surface area (Å²) in [7, 11) is 0. The number of hydrogen-bond acceptors (Lipinski definition) is 2. The molecule has 0 saturated carbocycles. The maximum absolute atomic E-state index is 4.98. The zero-order chi connectivity index (χ0) is 7.28. The molecule has 0 fully saturated rings. The Morgan fingerprint density at radius 3 is 2.56 bits per heavy atom. The monoisotopic (exact) mass is 163 g/mol. The highest BCUT2D eigenvalue weighted by Crippen LogP contribution is 2.00. The molecule has 0 rings (SSSR count). The number of thiocarbonyl (C=S) groups is 1. The van der Waals surface area contributed by atoms with Crippen molar-refractivity contribution < 1.29 is 0 Å². The van der Waals surface area contributed by atoms with Crippen LogP contribution >= 0.6 is 24.0 Å². The average Bonchev–Trinajstić information content (AvgIpc) is 1.63. The highest BCUT2D eigenvalue weighted by atomic mass is 32.2. The third-order valence-corrected chi connectivity index (χ3v) is 1.82. The Kier molecular flexibility index (Phi) is 5.19. The molecule has 3 heteroatoms. The molecule has 0 spiro atoms. The lowest BCUT2D eigenvalue weighted by Crippen LogP contribution is -2.26. The molecule has 1 N–H and O–H groups in total. The van der Waals surface area contributed by atoms with Crippen molar-refractivity contribution in [1.29, 1.82) is 0 Å². The predicted molar refractivity (Wildman–Crippen MR) is 49.0 cm³/mol. The van der Waals surface area contributed by atoms with Crippen molar-refractivity contribution in [2.75, 3.05) is 5.75 Å². The van der Waals surface area contributed by atoms with Gasteiger partial charge in [0.2, 0.25) is 0 Å². The summed E-state index contributed by atoms with van der Waals surface area (Å²) in [6.45, 7) is 6.27. The Morgan fingerprint density at radius 2 is 2.22 bits per heavy atom. The van der Waals surface area contributed by atoms with Crippen LogP contribution in [0.3, 0.4) is 0 Å². The van der Waals surface area contributed by atoms with E-state index in [0.29, 0.717) is 6.04 Å². The molecule has 54 valence electrons. The molecule has 0 unspecified atom stereocenters. The molecule has 0 aromatic carbocycles. The van der Waals surface area contributed by atoms with Crippen LogP contribution in [0.25, 0.3) is 0 Å². The van der Waals surface area contributed by atoms with Crippen molar-refractivity contribution in [2.45, 2.75) is 26.8 Å². The van der Waals surface area contributed by atoms with Gasteiger partial charge in [0.15, 0.2) is 0 Å². The summed E-state index contributed by atoms with van der Waals surface area (Å²) in [6.07, 6.45) is 0. The first-order valence-corrected chi connectivity index (χ1v) is 4.49. The molecular weight excluding hydrogens is 150 g/mol. The van der Waals surface area contributed by atoms with Gasteiger partial charge in [-0.25, -0.2) is 0 Å². The number of nitrogens with one attached hydrogen (secondary N) is 1.